The molecule has 4 aromatic rings. The van der Waals surface area contributed by atoms with E-state index in [2.05, 4.69) is 20.3 Å². The summed E-state index contributed by atoms with van der Waals surface area (Å²) in [7, 11) is 0. The number of aromatic nitrogens is 4. The highest BCUT2D eigenvalue weighted by Gasteiger charge is 2.12. The van der Waals surface area contributed by atoms with Gasteiger partial charge in [-0.15, -0.1) is 0 Å². The van der Waals surface area contributed by atoms with Crippen LogP contribution in [0.15, 0.2) is 65.7 Å². The van der Waals surface area contributed by atoms with Crippen LogP contribution in [-0.4, -0.2) is 32.0 Å². The zero-order valence-electron chi connectivity index (χ0n) is 13.3. The number of hydrogen-bond donors (Lipinski definition) is 1. The number of fused-ring (bicyclic) bond motifs is 1. The maximum Gasteiger partial charge on any atom is 0.287 e. The van der Waals surface area contributed by atoms with Crippen LogP contribution in [0.3, 0.4) is 0 Å². The van der Waals surface area contributed by atoms with Crippen molar-refractivity contribution in [2.24, 2.45) is 0 Å². The first-order valence-corrected chi connectivity index (χ1v) is 7.85. The first-order chi connectivity index (χ1) is 12.3. The molecule has 0 bridgehead atoms. The van der Waals surface area contributed by atoms with Crippen LogP contribution < -0.4 is 5.32 Å². The number of nitrogens with zero attached hydrogens (tertiary/aromatic N) is 4. The maximum atomic E-state index is 12.2. The van der Waals surface area contributed by atoms with Gasteiger partial charge in [0.05, 0.1) is 6.20 Å². The van der Waals surface area contributed by atoms with Gasteiger partial charge in [-0.2, -0.15) is 0 Å². The van der Waals surface area contributed by atoms with Crippen molar-refractivity contribution in [3.05, 3.63) is 67.1 Å². The van der Waals surface area contributed by atoms with E-state index in [9.17, 15) is 4.79 Å². The van der Waals surface area contributed by atoms with Crippen LogP contribution in [0.5, 0.6) is 0 Å². The average molecular weight is 333 g/mol. The lowest BCUT2D eigenvalue weighted by Gasteiger charge is -2.07. The minimum absolute atomic E-state index is 0.239. The molecule has 0 spiro atoms. The summed E-state index contributed by atoms with van der Waals surface area (Å²) in [5, 5.41) is 3.77. The van der Waals surface area contributed by atoms with Gasteiger partial charge >= 0.3 is 0 Å². The molecular formula is C18H15N5O2. The monoisotopic (exact) mass is 333 g/mol. The minimum Gasteiger partial charge on any atom is -0.451 e. The van der Waals surface area contributed by atoms with Crippen LogP contribution in [0.4, 0.5) is 0 Å². The molecule has 4 rings (SSSR count). The molecule has 1 aromatic carbocycles. The molecule has 0 radical (unpaired) electrons. The molecule has 0 saturated carbocycles. The second-order valence-corrected chi connectivity index (χ2v) is 5.44. The molecule has 7 heteroatoms. The Morgan fingerprint density at radius 3 is 2.92 bits per heavy atom. The van der Waals surface area contributed by atoms with Crippen LogP contribution >= 0.6 is 0 Å². The van der Waals surface area contributed by atoms with Crippen molar-refractivity contribution in [2.45, 2.75) is 6.54 Å². The number of amides is 1. The summed E-state index contributed by atoms with van der Waals surface area (Å²) in [6.07, 6.45) is 8.44. The van der Waals surface area contributed by atoms with E-state index >= 15 is 0 Å². The lowest BCUT2D eigenvalue weighted by atomic mass is 10.2. The molecule has 0 aliphatic carbocycles. The highest BCUT2D eigenvalue weighted by Crippen LogP contribution is 2.18. The van der Waals surface area contributed by atoms with E-state index in [1.165, 1.54) is 0 Å². The Bertz CT molecular complexity index is 973. The van der Waals surface area contributed by atoms with Crippen LogP contribution in [0.2, 0.25) is 0 Å². The number of carbonyl (C=O) groups excluding carboxylic acids is 1. The fraction of sp³-hybridized carbons (Fsp3) is 0.111. The van der Waals surface area contributed by atoms with Gasteiger partial charge in [-0.05, 0) is 12.1 Å². The molecule has 7 nitrogen and oxygen atoms in total. The standard InChI is InChI=1S/C18H15N5O2/c24-18(16-11-13-3-1-2-4-15(13)25-16)22-8-10-23-9-7-21-17(23)14-12-19-5-6-20-14/h1-7,9,11-12H,8,10H2,(H,22,24). The molecular weight excluding hydrogens is 318 g/mol. The van der Waals surface area contributed by atoms with Gasteiger partial charge in [-0.1, -0.05) is 18.2 Å². The molecule has 0 fully saturated rings. The summed E-state index contributed by atoms with van der Waals surface area (Å²) in [5.41, 5.74) is 1.39. The topological polar surface area (TPSA) is 85.8 Å². The molecule has 1 N–H and O–H groups in total. The van der Waals surface area contributed by atoms with Crippen LogP contribution in [0.1, 0.15) is 10.6 Å². The predicted octanol–water partition coefficient (Wildman–Crippen LogP) is 2.52. The lowest BCUT2D eigenvalue weighted by Crippen LogP contribution is -2.26. The Kier molecular flexibility index (Phi) is 3.96. The van der Waals surface area contributed by atoms with Gasteiger partial charge in [-0.3, -0.25) is 9.78 Å². The number of rotatable bonds is 5. The van der Waals surface area contributed by atoms with Gasteiger partial charge in [0.15, 0.2) is 11.6 Å². The first-order valence-electron chi connectivity index (χ1n) is 7.85. The second kappa shape index (κ2) is 6.56. The quantitative estimate of drug-likeness (QED) is 0.606. The van der Waals surface area contributed by atoms with Crippen molar-refractivity contribution in [1.29, 1.82) is 0 Å². The Morgan fingerprint density at radius 2 is 2.08 bits per heavy atom. The van der Waals surface area contributed by atoms with Crippen LogP contribution in [0.25, 0.3) is 22.5 Å². The van der Waals surface area contributed by atoms with E-state index in [4.69, 9.17) is 4.42 Å². The van der Waals surface area contributed by atoms with Crippen LogP contribution in [-0.2, 0) is 6.54 Å². The number of nitrogens with one attached hydrogen (secondary N) is 1. The van der Waals surface area contributed by atoms with E-state index in [0.29, 0.717) is 36.0 Å². The summed E-state index contributed by atoms with van der Waals surface area (Å²) >= 11 is 0. The summed E-state index contributed by atoms with van der Waals surface area (Å²) in [6, 6.07) is 9.28. The number of imidazole rings is 1. The molecule has 0 atom stereocenters. The molecule has 3 aromatic heterocycles. The third-order valence-corrected chi connectivity index (χ3v) is 3.80. The van der Waals surface area contributed by atoms with E-state index in [0.717, 1.165) is 5.39 Å². The Hall–Kier alpha value is -3.48. The number of hydrogen-bond acceptors (Lipinski definition) is 5. The Labute approximate surface area is 143 Å². The van der Waals surface area contributed by atoms with E-state index in [-0.39, 0.29) is 5.91 Å². The molecule has 3 heterocycles. The zero-order chi connectivity index (χ0) is 17.1. The second-order valence-electron chi connectivity index (χ2n) is 5.44. The first kappa shape index (κ1) is 15.1. The normalized spacial score (nSPS) is 10.9. The fourth-order valence-electron chi connectivity index (χ4n) is 2.61. The van der Waals surface area contributed by atoms with E-state index in [1.54, 1.807) is 30.9 Å². The fourth-order valence-corrected chi connectivity index (χ4v) is 2.61. The number of benzene rings is 1. The van der Waals surface area contributed by atoms with Gasteiger partial charge in [-0.25, -0.2) is 9.97 Å². The third kappa shape index (κ3) is 3.12. The minimum atomic E-state index is -0.239. The Balaban J connectivity index is 1.41. The van der Waals surface area contributed by atoms with Gasteiger partial charge < -0.3 is 14.3 Å². The van der Waals surface area contributed by atoms with Gasteiger partial charge in [0.25, 0.3) is 5.91 Å². The molecule has 0 unspecified atom stereocenters. The number of furan rings is 1. The maximum absolute atomic E-state index is 12.2. The molecule has 0 aliphatic rings. The van der Waals surface area contributed by atoms with Crippen molar-refractivity contribution >= 4 is 16.9 Å². The van der Waals surface area contributed by atoms with Crippen molar-refractivity contribution in [2.75, 3.05) is 6.54 Å². The van der Waals surface area contributed by atoms with Crippen molar-refractivity contribution < 1.29 is 9.21 Å². The average Bonchev–Trinajstić information content (AvgIpc) is 3.29. The summed E-state index contributed by atoms with van der Waals surface area (Å²) < 4.78 is 7.48. The van der Waals surface area contributed by atoms with Gasteiger partial charge in [0.2, 0.25) is 0 Å². The molecule has 25 heavy (non-hydrogen) atoms. The highest BCUT2D eigenvalue weighted by atomic mass is 16.3. The van der Waals surface area contributed by atoms with E-state index < -0.39 is 0 Å². The summed E-state index contributed by atoms with van der Waals surface area (Å²) in [6.45, 7) is 1.01. The summed E-state index contributed by atoms with van der Waals surface area (Å²) in [4.78, 5) is 24.8. The van der Waals surface area contributed by atoms with Crippen molar-refractivity contribution in [3.8, 4) is 11.5 Å². The molecule has 0 saturated heterocycles. The Morgan fingerprint density at radius 1 is 1.16 bits per heavy atom. The van der Waals surface area contributed by atoms with E-state index in [1.807, 2.05) is 35.0 Å². The summed E-state index contributed by atoms with van der Waals surface area (Å²) in [5.74, 6) is 0.782. The van der Waals surface area contributed by atoms with Crippen molar-refractivity contribution in [3.63, 3.8) is 0 Å². The smallest absolute Gasteiger partial charge is 0.287 e. The predicted molar refractivity (Wildman–Crippen MR) is 91.8 cm³/mol. The molecule has 0 aliphatic heterocycles. The van der Waals surface area contributed by atoms with Gasteiger partial charge in [0.1, 0.15) is 11.3 Å². The number of carbonyl (C=O) groups is 1. The SMILES string of the molecule is O=C(NCCn1ccnc1-c1cnccn1)c1cc2ccccc2o1. The number of para-hydroxylation sites is 1. The highest BCUT2D eigenvalue weighted by molar-refractivity contribution is 5.96. The lowest BCUT2D eigenvalue weighted by molar-refractivity contribution is 0.0927. The van der Waals surface area contributed by atoms with Crippen molar-refractivity contribution in [1.82, 2.24) is 24.8 Å². The van der Waals surface area contributed by atoms with Crippen LogP contribution in [0, 0.1) is 0 Å². The third-order valence-electron chi connectivity index (χ3n) is 3.80. The zero-order valence-corrected chi connectivity index (χ0v) is 13.3. The van der Waals surface area contributed by atoms with Gasteiger partial charge in [0, 0.05) is 43.3 Å². The molecule has 124 valence electrons. The molecule has 1 amide bonds. The largest absolute Gasteiger partial charge is 0.451 e.